The zero-order chi connectivity index (χ0) is 8.60. The van der Waals surface area contributed by atoms with Crippen molar-refractivity contribution in [1.82, 2.24) is 14.7 Å². The van der Waals surface area contributed by atoms with E-state index in [9.17, 15) is 0 Å². The highest BCUT2D eigenvalue weighted by Gasteiger charge is 2.26. The highest BCUT2D eigenvalue weighted by Crippen LogP contribution is 2.24. The smallest absolute Gasteiger partial charge is 0.199 e. The number of nitrogens with zero attached hydrogens (tertiary/aromatic N) is 3. The SMILES string of the molecule is Cc1[nH]ncc1[N+]1(C)C=CN=C1. The van der Waals surface area contributed by atoms with Gasteiger partial charge in [-0.05, 0) is 6.92 Å². The van der Waals surface area contributed by atoms with Gasteiger partial charge >= 0.3 is 0 Å². The van der Waals surface area contributed by atoms with E-state index < -0.39 is 0 Å². The van der Waals surface area contributed by atoms with Crippen molar-refractivity contribution in [1.29, 1.82) is 0 Å². The summed E-state index contributed by atoms with van der Waals surface area (Å²) in [6.07, 6.45) is 7.51. The van der Waals surface area contributed by atoms with Crippen LogP contribution >= 0.6 is 0 Å². The fourth-order valence-electron chi connectivity index (χ4n) is 1.37. The van der Waals surface area contributed by atoms with Crippen LogP contribution in [-0.4, -0.2) is 23.6 Å². The molecule has 1 aromatic rings. The van der Waals surface area contributed by atoms with Crippen molar-refractivity contribution in [3.63, 3.8) is 0 Å². The van der Waals surface area contributed by atoms with Crippen LogP contribution in [0.25, 0.3) is 0 Å². The Bertz CT molecular complexity index is 336. The molecule has 1 aliphatic rings. The minimum atomic E-state index is 0.600. The van der Waals surface area contributed by atoms with Crippen LogP contribution in [0.1, 0.15) is 5.69 Å². The summed E-state index contributed by atoms with van der Waals surface area (Å²) in [5, 5.41) is 6.88. The molecule has 1 aromatic heterocycles. The van der Waals surface area contributed by atoms with E-state index in [1.807, 2.05) is 25.7 Å². The maximum absolute atomic E-state index is 4.06. The lowest BCUT2D eigenvalue weighted by Gasteiger charge is -2.19. The number of H-pyrrole nitrogens is 1. The number of aryl methyl sites for hydroxylation is 1. The van der Waals surface area contributed by atoms with E-state index in [4.69, 9.17) is 0 Å². The minimum absolute atomic E-state index is 0.600. The summed E-state index contributed by atoms with van der Waals surface area (Å²) >= 11 is 0. The summed E-state index contributed by atoms with van der Waals surface area (Å²) in [5.74, 6) is 0. The van der Waals surface area contributed by atoms with E-state index in [1.54, 1.807) is 6.20 Å². The number of rotatable bonds is 1. The van der Waals surface area contributed by atoms with Crippen LogP contribution < -0.4 is 4.48 Å². The van der Waals surface area contributed by atoms with Gasteiger partial charge in [0, 0.05) is 0 Å². The second kappa shape index (κ2) is 2.28. The van der Waals surface area contributed by atoms with Crippen LogP contribution in [0.2, 0.25) is 0 Å². The molecule has 0 amide bonds. The number of nitrogens with one attached hydrogen (secondary N) is 1. The summed E-state index contributed by atoms with van der Waals surface area (Å²) in [6.45, 7) is 2.01. The molecule has 2 heterocycles. The van der Waals surface area contributed by atoms with Crippen molar-refractivity contribution in [2.75, 3.05) is 7.05 Å². The first-order valence-electron chi connectivity index (χ1n) is 3.81. The topological polar surface area (TPSA) is 41.0 Å². The van der Waals surface area contributed by atoms with Crippen molar-refractivity contribution in [2.24, 2.45) is 4.99 Å². The van der Waals surface area contributed by atoms with Crippen molar-refractivity contribution in [3.05, 3.63) is 24.3 Å². The van der Waals surface area contributed by atoms with Gasteiger partial charge in [-0.1, -0.05) is 0 Å². The van der Waals surface area contributed by atoms with E-state index in [0.29, 0.717) is 4.48 Å². The Labute approximate surface area is 70.8 Å². The van der Waals surface area contributed by atoms with Crippen molar-refractivity contribution >= 4 is 12.0 Å². The van der Waals surface area contributed by atoms with Crippen molar-refractivity contribution < 1.29 is 0 Å². The lowest BCUT2D eigenvalue weighted by molar-refractivity contribution is 0.680. The monoisotopic (exact) mass is 163 g/mol. The minimum Gasteiger partial charge on any atom is -0.277 e. The van der Waals surface area contributed by atoms with Gasteiger partial charge in [-0.25, -0.2) is 9.48 Å². The summed E-state index contributed by atoms with van der Waals surface area (Å²) in [4.78, 5) is 4.06. The molecule has 1 unspecified atom stereocenters. The maximum Gasteiger partial charge on any atom is 0.199 e. The van der Waals surface area contributed by atoms with E-state index >= 15 is 0 Å². The quantitative estimate of drug-likeness (QED) is 0.620. The summed E-state index contributed by atoms with van der Waals surface area (Å²) in [5.41, 5.74) is 2.21. The summed E-state index contributed by atoms with van der Waals surface area (Å²) in [7, 11) is 2.06. The molecule has 62 valence electrons. The summed E-state index contributed by atoms with van der Waals surface area (Å²) < 4.78 is 0.600. The molecule has 4 heteroatoms. The standard InChI is InChI=1S/C8H11N4/c1-7-8(5-10-11-7)12(2)4-3-9-6-12/h3-6H,1-2H3,(H,10,11)/q+1. The molecule has 0 fully saturated rings. The zero-order valence-corrected chi connectivity index (χ0v) is 7.15. The Hall–Kier alpha value is -1.42. The van der Waals surface area contributed by atoms with Gasteiger partial charge in [0.2, 0.25) is 0 Å². The fourth-order valence-corrected chi connectivity index (χ4v) is 1.37. The van der Waals surface area contributed by atoms with Gasteiger partial charge in [-0.2, -0.15) is 5.10 Å². The lowest BCUT2D eigenvalue weighted by atomic mass is 10.3. The fraction of sp³-hybridized carbons (Fsp3) is 0.250. The van der Waals surface area contributed by atoms with Crippen molar-refractivity contribution in [2.45, 2.75) is 6.92 Å². The second-order valence-corrected chi connectivity index (χ2v) is 3.09. The second-order valence-electron chi connectivity index (χ2n) is 3.09. The Morgan fingerprint density at radius 1 is 1.50 bits per heavy atom. The van der Waals surface area contributed by atoms with E-state index in [0.717, 1.165) is 11.4 Å². The molecule has 1 aliphatic heterocycles. The third-order valence-electron chi connectivity index (χ3n) is 2.09. The third-order valence-corrected chi connectivity index (χ3v) is 2.09. The van der Waals surface area contributed by atoms with Gasteiger partial charge < -0.3 is 0 Å². The highest BCUT2D eigenvalue weighted by atomic mass is 15.4. The number of hydrogen-bond donors (Lipinski definition) is 1. The molecule has 1 N–H and O–H groups in total. The van der Waals surface area contributed by atoms with E-state index in [-0.39, 0.29) is 0 Å². The van der Waals surface area contributed by atoms with Gasteiger partial charge in [0.1, 0.15) is 12.4 Å². The molecule has 0 spiro atoms. The first kappa shape index (κ1) is 7.24. The Kier molecular flexibility index (Phi) is 1.38. The van der Waals surface area contributed by atoms with E-state index in [1.165, 1.54) is 0 Å². The molecule has 4 nitrogen and oxygen atoms in total. The van der Waals surface area contributed by atoms with Gasteiger partial charge in [-0.15, -0.1) is 0 Å². The molecular formula is C8H11N4+. The first-order valence-corrected chi connectivity index (χ1v) is 3.81. The molecule has 0 aliphatic carbocycles. The molecule has 0 aromatic carbocycles. The van der Waals surface area contributed by atoms with Gasteiger partial charge in [-0.3, -0.25) is 5.10 Å². The maximum atomic E-state index is 4.06. The first-order chi connectivity index (χ1) is 5.72. The molecule has 0 saturated heterocycles. The molecule has 0 saturated carbocycles. The van der Waals surface area contributed by atoms with Crippen LogP contribution in [0, 0.1) is 6.92 Å². The molecule has 0 bridgehead atoms. The molecule has 2 rings (SSSR count). The van der Waals surface area contributed by atoms with Crippen LogP contribution in [0.15, 0.2) is 23.6 Å². The zero-order valence-electron chi connectivity index (χ0n) is 7.15. The van der Waals surface area contributed by atoms with Crippen LogP contribution in [-0.2, 0) is 0 Å². The number of quaternary nitrogens is 1. The van der Waals surface area contributed by atoms with E-state index in [2.05, 4.69) is 22.2 Å². The highest BCUT2D eigenvalue weighted by molar-refractivity contribution is 5.78. The Morgan fingerprint density at radius 3 is 2.83 bits per heavy atom. The molecular weight excluding hydrogens is 152 g/mol. The average molecular weight is 163 g/mol. The lowest BCUT2D eigenvalue weighted by Crippen LogP contribution is -2.35. The number of hydrogen-bond acceptors (Lipinski definition) is 2. The predicted octanol–water partition coefficient (Wildman–Crippen LogP) is 1.17. The van der Waals surface area contributed by atoms with Gasteiger partial charge in [0.05, 0.1) is 18.9 Å². The predicted molar refractivity (Wildman–Crippen MR) is 48.7 cm³/mol. The number of aliphatic imine (C=N–C) groups is 1. The number of aromatic amines is 1. The van der Waals surface area contributed by atoms with Crippen LogP contribution in [0.4, 0.5) is 5.69 Å². The normalized spacial score (nSPS) is 26.8. The molecule has 12 heavy (non-hydrogen) atoms. The molecule has 0 radical (unpaired) electrons. The number of aromatic nitrogens is 2. The van der Waals surface area contributed by atoms with Crippen LogP contribution in [0.3, 0.4) is 0 Å². The third kappa shape index (κ3) is 0.887. The van der Waals surface area contributed by atoms with Crippen molar-refractivity contribution in [3.8, 4) is 0 Å². The Balaban J connectivity index is 2.49. The van der Waals surface area contributed by atoms with Crippen LogP contribution in [0.5, 0.6) is 0 Å². The molecule has 1 atom stereocenters. The Morgan fingerprint density at radius 2 is 2.33 bits per heavy atom. The van der Waals surface area contributed by atoms with Gasteiger partial charge in [0.25, 0.3) is 0 Å². The average Bonchev–Trinajstić information content (AvgIpc) is 2.59. The summed E-state index contributed by atoms with van der Waals surface area (Å²) in [6, 6.07) is 0. The van der Waals surface area contributed by atoms with Gasteiger partial charge in [0.15, 0.2) is 12.0 Å². The largest absolute Gasteiger partial charge is 0.277 e.